The smallest absolute Gasteiger partial charge is 0.258 e. The summed E-state index contributed by atoms with van der Waals surface area (Å²) in [6.45, 7) is 1.88. The lowest BCUT2D eigenvalue weighted by Crippen LogP contribution is -2.12. The minimum absolute atomic E-state index is 0.0728. The number of nitrogens with zero attached hydrogens (tertiary/aromatic N) is 3. The van der Waals surface area contributed by atoms with E-state index in [-0.39, 0.29) is 15.7 Å². The summed E-state index contributed by atoms with van der Waals surface area (Å²) in [6.07, 6.45) is 0.664. The molecule has 20 heavy (non-hydrogen) atoms. The van der Waals surface area contributed by atoms with Crippen molar-refractivity contribution in [2.24, 2.45) is 0 Å². The molecule has 2 rings (SSSR count). The van der Waals surface area contributed by atoms with Gasteiger partial charge in [0.2, 0.25) is 5.13 Å². The number of nitrogens with one attached hydrogen (secondary N) is 1. The van der Waals surface area contributed by atoms with Gasteiger partial charge in [0.15, 0.2) is 0 Å². The Bertz CT molecular complexity index is 724. The maximum Gasteiger partial charge on any atom is 0.269 e. The lowest BCUT2D eigenvalue weighted by atomic mass is 10.3. The SMILES string of the molecule is CCc1nnc(NS(=O)(=O)c2ccc([N+](=O)[O-])cc2)s1. The highest BCUT2D eigenvalue weighted by Gasteiger charge is 2.18. The van der Waals surface area contributed by atoms with Crippen LogP contribution in [0.1, 0.15) is 11.9 Å². The van der Waals surface area contributed by atoms with E-state index < -0.39 is 14.9 Å². The Labute approximate surface area is 118 Å². The molecule has 0 unspecified atom stereocenters. The van der Waals surface area contributed by atoms with Crippen molar-refractivity contribution in [2.45, 2.75) is 18.2 Å². The highest BCUT2D eigenvalue weighted by molar-refractivity contribution is 7.93. The van der Waals surface area contributed by atoms with E-state index >= 15 is 0 Å². The van der Waals surface area contributed by atoms with Crippen LogP contribution in [0.5, 0.6) is 0 Å². The number of hydrogen-bond donors (Lipinski definition) is 1. The maximum atomic E-state index is 12.0. The zero-order chi connectivity index (χ0) is 14.8. The number of nitro groups is 1. The van der Waals surface area contributed by atoms with Gasteiger partial charge in [0.25, 0.3) is 15.7 Å². The molecule has 0 saturated heterocycles. The molecule has 106 valence electrons. The summed E-state index contributed by atoms with van der Waals surface area (Å²) < 4.78 is 26.4. The van der Waals surface area contributed by atoms with Crippen LogP contribution in [0, 0.1) is 10.1 Å². The second kappa shape index (κ2) is 5.51. The predicted octanol–water partition coefficient (Wildman–Crippen LogP) is 1.81. The van der Waals surface area contributed by atoms with Gasteiger partial charge >= 0.3 is 0 Å². The van der Waals surface area contributed by atoms with E-state index in [2.05, 4.69) is 14.9 Å². The Kier molecular flexibility index (Phi) is 3.95. The molecule has 0 saturated carbocycles. The average Bonchev–Trinajstić information content (AvgIpc) is 2.85. The van der Waals surface area contributed by atoms with Crippen molar-refractivity contribution in [3.05, 3.63) is 39.4 Å². The Morgan fingerprint density at radius 2 is 1.95 bits per heavy atom. The molecule has 0 aliphatic heterocycles. The van der Waals surface area contributed by atoms with E-state index in [9.17, 15) is 18.5 Å². The number of aromatic nitrogens is 2. The number of non-ortho nitro benzene ring substituents is 1. The third-order valence-corrected chi connectivity index (χ3v) is 4.82. The van der Waals surface area contributed by atoms with Crippen LogP contribution in [0.25, 0.3) is 0 Å². The molecule has 0 bridgehead atoms. The minimum atomic E-state index is -3.82. The lowest BCUT2D eigenvalue weighted by molar-refractivity contribution is -0.384. The van der Waals surface area contributed by atoms with E-state index in [0.717, 1.165) is 23.5 Å². The number of hydrogen-bond acceptors (Lipinski definition) is 7. The summed E-state index contributed by atoms with van der Waals surface area (Å²) in [5, 5.41) is 18.9. The normalized spacial score (nSPS) is 11.2. The fourth-order valence-electron chi connectivity index (χ4n) is 1.36. The molecule has 10 heteroatoms. The third kappa shape index (κ3) is 3.08. The van der Waals surface area contributed by atoms with Gasteiger partial charge < -0.3 is 0 Å². The van der Waals surface area contributed by atoms with Crippen molar-refractivity contribution < 1.29 is 13.3 Å². The van der Waals surface area contributed by atoms with E-state index in [4.69, 9.17) is 0 Å². The summed E-state index contributed by atoms with van der Waals surface area (Å²) >= 11 is 1.14. The second-order valence-corrected chi connectivity index (χ2v) is 6.46. The molecule has 1 N–H and O–H groups in total. The molecule has 1 aromatic carbocycles. The van der Waals surface area contributed by atoms with Gasteiger partial charge in [-0.15, -0.1) is 10.2 Å². The third-order valence-electron chi connectivity index (χ3n) is 2.35. The Hall–Kier alpha value is -2.07. The molecular formula is C10H10N4O4S2. The number of aryl methyl sites for hydroxylation is 1. The van der Waals surface area contributed by atoms with Crippen LogP contribution in [0.2, 0.25) is 0 Å². The number of benzene rings is 1. The van der Waals surface area contributed by atoms with Crippen LogP contribution in [-0.2, 0) is 16.4 Å². The van der Waals surface area contributed by atoms with Crippen molar-refractivity contribution >= 4 is 32.2 Å². The topological polar surface area (TPSA) is 115 Å². The molecule has 0 amide bonds. The maximum absolute atomic E-state index is 12.0. The van der Waals surface area contributed by atoms with Crippen LogP contribution in [0.4, 0.5) is 10.8 Å². The van der Waals surface area contributed by atoms with Crippen LogP contribution < -0.4 is 4.72 Å². The first-order chi connectivity index (χ1) is 9.42. The van der Waals surface area contributed by atoms with Gasteiger partial charge in [-0.1, -0.05) is 18.3 Å². The number of nitro benzene ring substituents is 1. The summed E-state index contributed by atoms with van der Waals surface area (Å²) in [4.78, 5) is 9.84. The predicted molar refractivity (Wildman–Crippen MR) is 73.2 cm³/mol. The summed E-state index contributed by atoms with van der Waals surface area (Å²) in [5.74, 6) is 0. The molecule has 8 nitrogen and oxygen atoms in total. The monoisotopic (exact) mass is 314 g/mol. The quantitative estimate of drug-likeness (QED) is 0.664. The lowest BCUT2D eigenvalue weighted by Gasteiger charge is -2.03. The molecule has 1 aromatic heterocycles. The highest BCUT2D eigenvalue weighted by Crippen LogP contribution is 2.21. The fraction of sp³-hybridized carbons (Fsp3) is 0.200. The van der Waals surface area contributed by atoms with Crippen molar-refractivity contribution in [3.63, 3.8) is 0 Å². The minimum Gasteiger partial charge on any atom is -0.258 e. The molecular weight excluding hydrogens is 304 g/mol. The summed E-state index contributed by atoms with van der Waals surface area (Å²) in [5.41, 5.74) is -0.173. The van der Waals surface area contributed by atoms with Crippen molar-refractivity contribution in [1.82, 2.24) is 10.2 Å². The number of rotatable bonds is 5. The van der Waals surface area contributed by atoms with Gasteiger partial charge in [0, 0.05) is 12.1 Å². The molecule has 0 aliphatic carbocycles. The van der Waals surface area contributed by atoms with Crippen LogP contribution in [0.15, 0.2) is 29.2 Å². The van der Waals surface area contributed by atoms with Gasteiger partial charge in [-0.2, -0.15) is 0 Å². The van der Waals surface area contributed by atoms with E-state index in [1.807, 2.05) is 6.92 Å². The van der Waals surface area contributed by atoms with Crippen LogP contribution in [-0.4, -0.2) is 23.5 Å². The van der Waals surface area contributed by atoms with Crippen molar-refractivity contribution in [1.29, 1.82) is 0 Å². The molecule has 0 fully saturated rings. The van der Waals surface area contributed by atoms with Crippen LogP contribution >= 0.6 is 11.3 Å². The van der Waals surface area contributed by atoms with E-state index in [1.54, 1.807) is 0 Å². The van der Waals surface area contributed by atoms with Crippen LogP contribution in [0.3, 0.4) is 0 Å². The number of sulfonamides is 1. The Morgan fingerprint density at radius 1 is 1.30 bits per heavy atom. The van der Waals surface area contributed by atoms with Gasteiger partial charge in [-0.3, -0.25) is 14.8 Å². The van der Waals surface area contributed by atoms with Crippen molar-refractivity contribution in [3.8, 4) is 0 Å². The Morgan fingerprint density at radius 3 is 2.45 bits per heavy atom. The zero-order valence-corrected chi connectivity index (χ0v) is 11.9. The first-order valence-corrected chi connectivity index (χ1v) is 7.82. The van der Waals surface area contributed by atoms with Gasteiger partial charge in [-0.05, 0) is 18.6 Å². The summed E-state index contributed by atoms with van der Waals surface area (Å²) in [7, 11) is -3.82. The van der Waals surface area contributed by atoms with Gasteiger partial charge in [0.1, 0.15) is 5.01 Å². The standard InChI is InChI=1S/C10H10N4O4S2/c1-2-9-11-12-10(19-9)13-20(17,18)8-5-3-7(4-6-8)14(15)16/h3-6H,2H2,1H3,(H,12,13). The average molecular weight is 314 g/mol. The zero-order valence-electron chi connectivity index (χ0n) is 10.3. The first kappa shape index (κ1) is 14.3. The largest absolute Gasteiger partial charge is 0.269 e. The Balaban J connectivity index is 2.23. The molecule has 0 radical (unpaired) electrons. The fourth-order valence-corrected chi connectivity index (χ4v) is 3.27. The van der Waals surface area contributed by atoms with E-state index in [1.165, 1.54) is 12.1 Å². The molecule has 0 spiro atoms. The second-order valence-electron chi connectivity index (χ2n) is 3.71. The molecule has 1 heterocycles. The van der Waals surface area contributed by atoms with Gasteiger partial charge in [0.05, 0.1) is 9.82 Å². The van der Waals surface area contributed by atoms with Crippen molar-refractivity contribution in [2.75, 3.05) is 4.72 Å². The molecule has 2 aromatic rings. The highest BCUT2D eigenvalue weighted by atomic mass is 32.2. The van der Waals surface area contributed by atoms with E-state index in [0.29, 0.717) is 11.4 Å². The molecule has 0 atom stereocenters. The summed E-state index contributed by atoms with van der Waals surface area (Å²) in [6, 6.07) is 4.60. The molecule has 0 aliphatic rings. The number of anilines is 1. The van der Waals surface area contributed by atoms with Gasteiger partial charge in [-0.25, -0.2) is 8.42 Å². The first-order valence-electron chi connectivity index (χ1n) is 5.52.